The zero-order valence-electron chi connectivity index (χ0n) is 17.6. The Kier molecular flexibility index (Phi) is 5.01. The summed E-state index contributed by atoms with van der Waals surface area (Å²) < 4.78 is 12.5. The minimum atomic E-state index is -0.415. The molecule has 2 aromatic carbocycles. The fourth-order valence-corrected chi connectivity index (χ4v) is 4.65. The minimum Gasteiger partial charge on any atom is -0.493 e. The highest BCUT2D eigenvalue weighted by Crippen LogP contribution is 2.45. The van der Waals surface area contributed by atoms with E-state index >= 15 is 0 Å². The monoisotopic (exact) mass is 451 g/mol. The largest absolute Gasteiger partial charge is 0.493 e. The van der Waals surface area contributed by atoms with Gasteiger partial charge in [0.25, 0.3) is 0 Å². The molecule has 0 fully saturated rings. The van der Waals surface area contributed by atoms with Crippen molar-refractivity contribution < 1.29 is 14.3 Å². The zero-order valence-corrected chi connectivity index (χ0v) is 18.4. The average Bonchev–Trinajstić information content (AvgIpc) is 3.17. The van der Waals surface area contributed by atoms with E-state index in [0.717, 1.165) is 16.8 Å². The molecule has 0 saturated heterocycles. The van der Waals surface area contributed by atoms with E-state index in [-0.39, 0.29) is 17.6 Å². The highest BCUT2D eigenvalue weighted by atomic mass is 35.5. The summed E-state index contributed by atoms with van der Waals surface area (Å²) in [6.45, 7) is 0. The summed E-state index contributed by atoms with van der Waals surface area (Å²) in [4.78, 5) is 17.8. The second-order valence-corrected chi connectivity index (χ2v) is 8.29. The number of hydrogen-bond donors (Lipinski definition) is 2. The fourth-order valence-electron chi connectivity index (χ4n) is 4.52. The highest BCUT2D eigenvalue weighted by Gasteiger charge is 2.39. The molecule has 5 rings (SSSR count). The van der Waals surface area contributed by atoms with Crippen molar-refractivity contribution in [2.45, 2.75) is 24.8 Å². The van der Waals surface area contributed by atoms with E-state index in [4.69, 9.17) is 26.8 Å². The summed E-state index contributed by atoms with van der Waals surface area (Å²) in [6, 6.07) is 12.8. The minimum absolute atomic E-state index is 0.00811. The number of hydrogen-bond acceptors (Lipinski definition) is 7. The van der Waals surface area contributed by atoms with Crippen LogP contribution in [-0.4, -0.2) is 34.8 Å². The van der Waals surface area contributed by atoms with Crippen molar-refractivity contribution in [1.82, 2.24) is 14.8 Å². The van der Waals surface area contributed by atoms with Crippen molar-refractivity contribution in [1.29, 1.82) is 0 Å². The van der Waals surface area contributed by atoms with Gasteiger partial charge in [-0.2, -0.15) is 4.98 Å². The van der Waals surface area contributed by atoms with Gasteiger partial charge in [-0.3, -0.25) is 4.79 Å². The Morgan fingerprint density at radius 1 is 1.06 bits per heavy atom. The maximum atomic E-state index is 13.5. The van der Waals surface area contributed by atoms with E-state index in [1.54, 1.807) is 31.0 Å². The van der Waals surface area contributed by atoms with Crippen LogP contribution in [-0.2, 0) is 4.79 Å². The van der Waals surface area contributed by atoms with Crippen molar-refractivity contribution in [3.8, 4) is 11.5 Å². The van der Waals surface area contributed by atoms with Crippen LogP contribution in [0.5, 0.6) is 11.5 Å². The Hall–Kier alpha value is -3.52. The highest BCUT2D eigenvalue weighted by molar-refractivity contribution is 6.30. The second-order valence-electron chi connectivity index (χ2n) is 7.85. The van der Waals surface area contributed by atoms with Crippen LogP contribution >= 0.6 is 11.6 Å². The third-order valence-electron chi connectivity index (χ3n) is 6.00. The number of methoxy groups -OCH3 is 2. The van der Waals surface area contributed by atoms with Crippen LogP contribution in [0.4, 0.5) is 11.9 Å². The number of ketones is 1. The quantitative estimate of drug-likeness (QED) is 0.618. The third-order valence-corrected chi connectivity index (χ3v) is 6.25. The number of ether oxygens (including phenoxy) is 2. The Bertz CT molecular complexity index is 1230. The molecule has 0 radical (unpaired) electrons. The van der Waals surface area contributed by atoms with Crippen molar-refractivity contribution in [3.05, 3.63) is 69.9 Å². The third kappa shape index (κ3) is 3.36. The van der Waals surface area contributed by atoms with Crippen molar-refractivity contribution >= 4 is 29.3 Å². The van der Waals surface area contributed by atoms with Crippen molar-refractivity contribution in [2.24, 2.45) is 0 Å². The number of rotatable bonds is 4. The van der Waals surface area contributed by atoms with Gasteiger partial charge < -0.3 is 20.5 Å². The van der Waals surface area contributed by atoms with Crippen molar-refractivity contribution in [3.63, 3.8) is 0 Å². The molecule has 32 heavy (non-hydrogen) atoms. The SMILES string of the molecule is COc1ccc([C@@H]2CC(=O)C3=C(C2)Nc2nc(N)nn2[C@@H]3c2ccc(Cl)cc2)cc1OC. The molecule has 2 aliphatic rings. The van der Waals surface area contributed by atoms with E-state index in [1.807, 2.05) is 30.3 Å². The van der Waals surface area contributed by atoms with Gasteiger partial charge in [0, 0.05) is 22.7 Å². The number of allylic oxidation sites excluding steroid dienone is 2. The lowest BCUT2D eigenvalue weighted by Gasteiger charge is -2.35. The molecule has 9 heteroatoms. The number of nitrogens with zero attached hydrogens (tertiary/aromatic N) is 3. The molecule has 0 spiro atoms. The molecule has 0 bridgehead atoms. The number of nitrogens with two attached hydrogens (primary N) is 1. The van der Waals surface area contributed by atoms with Gasteiger partial charge in [-0.1, -0.05) is 29.8 Å². The fraction of sp³-hybridized carbons (Fsp3) is 0.261. The lowest BCUT2D eigenvalue weighted by molar-refractivity contribution is -0.116. The standard InChI is InChI=1S/C23H22ClN5O3/c1-31-18-8-5-13(11-19(18)32-2)14-9-16-20(17(30)10-14)21(12-3-6-15(24)7-4-12)29-23(26-16)27-22(25)28-29/h3-8,11,14,21H,9-10H2,1-2H3,(H3,25,26,27,28)/t14-,21+/m0/s1. The van der Waals surface area contributed by atoms with Crippen LogP contribution in [0.15, 0.2) is 53.7 Å². The van der Waals surface area contributed by atoms with Crippen LogP contribution in [0.2, 0.25) is 5.02 Å². The molecule has 164 valence electrons. The molecule has 2 atom stereocenters. The first kappa shape index (κ1) is 20.4. The van der Waals surface area contributed by atoms with E-state index in [9.17, 15) is 4.79 Å². The van der Waals surface area contributed by atoms with Crippen LogP contribution in [0.1, 0.15) is 35.9 Å². The molecule has 3 aromatic rings. The van der Waals surface area contributed by atoms with Crippen LogP contribution in [0.3, 0.4) is 0 Å². The van der Waals surface area contributed by atoms with Crippen LogP contribution < -0.4 is 20.5 Å². The van der Waals surface area contributed by atoms with Gasteiger partial charge in [0.15, 0.2) is 17.3 Å². The Morgan fingerprint density at radius 2 is 1.78 bits per heavy atom. The summed E-state index contributed by atoms with van der Waals surface area (Å²) in [5.74, 6) is 2.00. The van der Waals surface area contributed by atoms with E-state index in [0.29, 0.717) is 40.9 Å². The smallest absolute Gasteiger partial charge is 0.241 e. The number of carbonyl (C=O) groups excluding carboxylic acids is 1. The Balaban J connectivity index is 1.57. The first-order valence-corrected chi connectivity index (χ1v) is 10.6. The molecular formula is C23H22ClN5O3. The summed E-state index contributed by atoms with van der Waals surface area (Å²) in [5, 5.41) is 8.27. The lowest BCUT2D eigenvalue weighted by atomic mass is 9.78. The topological polar surface area (TPSA) is 104 Å². The first-order chi connectivity index (χ1) is 15.5. The average molecular weight is 452 g/mol. The van der Waals surface area contributed by atoms with Crippen LogP contribution in [0, 0.1) is 0 Å². The van der Waals surface area contributed by atoms with Crippen LogP contribution in [0.25, 0.3) is 0 Å². The molecular weight excluding hydrogens is 430 g/mol. The number of nitrogens with one attached hydrogen (secondary N) is 1. The number of nitrogen functional groups attached to an aromatic ring is 1. The van der Waals surface area contributed by atoms with E-state index < -0.39 is 6.04 Å². The zero-order chi connectivity index (χ0) is 22.4. The lowest BCUT2D eigenvalue weighted by Crippen LogP contribution is -2.33. The molecule has 8 nitrogen and oxygen atoms in total. The number of aromatic nitrogens is 3. The molecule has 3 N–H and O–H groups in total. The molecule has 0 unspecified atom stereocenters. The van der Waals surface area contributed by atoms with E-state index in [1.165, 1.54) is 0 Å². The molecule has 0 amide bonds. The predicted molar refractivity (Wildman–Crippen MR) is 121 cm³/mol. The van der Waals surface area contributed by atoms with Gasteiger partial charge in [0.05, 0.1) is 14.2 Å². The maximum Gasteiger partial charge on any atom is 0.241 e. The number of benzene rings is 2. The van der Waals surface area contributed by atoms with Gasteiger partial charge in [-0.25, -0.2) is 4.68 Å². The van der Waals surface area contributed by atoms with Gasteiger partial charge in [0.1, 0.15) is 6.04 Å². The number of halogens is 1. The number of carbonyl (C=O) groups is 1. The van der Waals surface area contributed by atoms with Gasteiger partial charge in [-0.05, 0) is 47.7 Å². The molecule has 1 aliphatic carbocycles. The molecule has 1 aliphatic heterocycles. The maximum absolute atomic E-state index is 13.5. The van der Waals surface area contributed by atoms with Gasteiger partial charge in [0.2, 0.25) is 11.9 Å². The number of anilines is 2. The summed E-state index contributed by atoms with van der Waals surface area (Å²) in [7, 11) is 3.20. The molecule has 1 aromatic heterocycles. The molecule has 2 heterocycles. The number of fused-ring (bicyclic) bond motifs is 1. The predicted octanol–water partition coefficient (Wildman–Crippen LogP) is 3.95. The Morgan fingerprint density at radius 3 is 2.50 bits per heavy atom. The summed E-state index contributed by atoms with van der Waals surface area (Å²) in [5.41, 5.74) is 9.32. The van der Waals surface area contributed by atoms with Gasteiger partial charge >= 0.3 is 0 Å². The Labute approximate surface area is 190 Å². The van der Waals surface area contributed by atoms with E-state index in [2.05, 4.69) is 15.4 Å². The normalized spacial score (nSPS) is 19.8. The summed E-state index contributed by atoms with van der Waals surface area (Å²) >= 11 is 6.09. The van der Waals surface area contributed by atoms with Gasteiger partial charge in [-0.15, -0.1) is 5.10 Å². The second kappa shape index (κ2) is 7.87. The number of Topliss-reactive ketones (excluding diaryl/α,β-unsaturated/α-hetero) is 1. The van der Waals surface area contributed by atoms with Crippen molar-refractivity contribution in [2.75, 3.05) is 25.3 Å². The molecule has 0 saturated carbocycles. The first-order valence-electron chi connectivity index (χ1n) is 10.2. The summed E-state index contributed by atoms with van der Waals surface area (Å²) in [6.07, 6.45) is 1.02.